The van der Waals surface area contributed by atoms with E-state index in [1.54, 1.807) is 0 Å². The van der Waals surface area contributed by atoms with Crippen LogP contribution in [0.4, 0.5) is 0 Å². The Kier molecular flexibility index (Phi) is 5.94. The highest BCUT2D eigenvalue weighted by molar-refractivity contribution is 5.87. The standard InChI is InChI=1S/C13H23N3O4/c1-7(2)5-9(14)12(18)16-10(13(19)20)6-8-3-4-15-11(8)17/h7-10H,3-6,14H2,1-2H3,(H,15,17)(H,16,18)(H,19,20)/t8-,9?,10?/m0/s1. The van der Waals surface area contributed by atoms with Crippen molar-refractivity contribution in [2.24, 2.45) is 17.6 Å². The normalized spacial score (nSPS) is 21.4. The number of hydrogen-bond acceptors (Lipinski definition) is 4. The van der Waals surface area contributed by atoms with E-state index in [1.807, 2.05) is 13.8 Å². The number of carboxylic acids is 1. The summed E-state index contributed by atoms with van der Waals surface area (Å²) in [5, 5.41) is 14.2. The predicted molar refractivity (Wildman–Crippen MR) is 72.7 cm³/mol. The number of nitrogens with two attached hydrogens (primary N) is 1. The zero-order valence-electron chi connectivity index (χ0n) is 11.9. The monoisotopic (exact) mass is 285 g/mol. The Bertz CT molecular complexity index is 384. The zero-order valence-corrected chi connectivity index (χ0v) is 11.9. The van der Waals surface area contributed by atoms with Crippen molar-refractivity contribution >= 4 is 17.8 Å². The summed E-state index contributed by atoms with van der Waals surface area (Å²) >= 11 is 0. The molecule has 0 aliphatic carbocycles. The minimum atomic E-state index is -1.14. The van der Waals surface area contributed by atoms with E-state index >= 15 is 0 Å². The van der Waals surface area contributed by atoms with Crippen molar-refractivity contribution < 1.29 is 19.5 Å². The Morgan fingerprint density at radius 1 is 1.50 bits per heavy atom. The minimum absolute atomic E-state index is 0.0985. The molecule has 0 spiro atoms. The molecule has 1 aliphatic heterocycles. The fourth-order valence-electron chi connectivity index (χ4n) is 2.27. The maximum Gasteiger partial charge on any atom is 0.326 e. The van der Waals surface area contributed by atoms with Crippen LogP contribution in [0.2, 0.25) is 0 Å². The van der Waals surface area contributed by atoms with E-state index in [0.29, 0.717) is 19.4 Å². The number of hydrogen-bond donors (Lipinski definition) is 4. The van der Waals surface area contributed by atoms with E-state index in [2.05, 4.69) is 10.6 Å². The molecule has 1 aliphatic rings. The quantitative estimate of drug-likeness (QED) is 0.500. The summed E-state index contributed by atoms with van der Waals surface area (Å²) < 4.78 is 0. The highest BCUT2D eigenvalue weighted by Crippen LogP contribution is 2.16. The number of aliphatic carboxylic acids is 1. The summed E-state index contributed by atoms with van der Waals surface area (Å²) in [5.41, 5.74) is 5.72. The number of rotatable bonds is 7. The molecule has 0 aromatic carbocycles. The molecule has 3 atom stereocenters. The smallest absolute Gasteiger partial charge is 0.326 e. The number of carboxylic acid groups (broad SMARTS) is 1. The van der Waals surface area contributed by atoms with Gasteiger partial charge in [0.15, 0.2) is 0 Å². The molecule has 7 nitrogen and oxygen atoms in total. The third kappa shape index (κ3) is 4.80. The molecular formula is C13H23N3O4. The second kappa shape index (κ2) is 7.23. The number of amides is 2. The SMILES string of the molecule is CC(C)CC(N)C(=O)NC(C[C@@H]1CCNC1=O)C(=O)O. The van der Waals surface area contributed by atoms with E-state index in [0.717, 1.165) is 0 Å². The molecule has 1 rings (SSSR count). The van der Waals surface area contributed by atoms with E-state index in [9.17, 15) is 14.4 Å². The van der Waals surface area contributed by atoms with Crippen molar-refractivity contribution in [1.29, 1.82) is 0 Å². The van der Waals surface area contributed by atoms with Gasteiger partial charge in [0.2, 0.25) is 11.8 Å². The molecule has 0 aromatic heterocycles. The van der Waals surface area contributed by atoms with Crippen LogP contribution in [0.15, 0.2) is 0 Å². The van der Waals surface area contributed by atoms with Gasteiger partial charge in [0, 0.05) is 12.5 Å². The van der Waals surface area contributed by atoms with E-state index in [-0.39, 0.29) is 24.2 Å². The highest BCUT2D eigenvalue weighted by atomic mass is 16.4. The van der Waals surface area contributed by atoms with Crippen molar-refractivity contribution in [3.05, 3.63) is 0 Å². The Labute approximate surface area is 118 Å². The molecule has 2 unspecified atom stereocenters. The van der Waals surface area contributed by atoms with Gasteiger partial charge in [-0.3, -0.25) is 9.59 Å². The van der Waals surface area contributed by atoms with E-state index in [4.69, 9.17) is 10.8 Å². The molecule has 1 saturated heterocycles. The molecule has 7 heteroatoms. The largest absolute Gasteiger partial charge is 0.480 e. The summed E-state index contributed by atoms with van der Waals surface area (Å²) in [7, 11) is 0. The average Bonchev–Trinajstić information content (AvgIpc) is 2.73. The number of carbonyl (C=O) groups is 3. The average molecular weight is 285 g/mol. The summed E-state index contributed by atoms with van der Waals surface area (Å²) in [6.07, 6.45) is 1.18. The van der Waals surface area contributed by atoms with E-state index < -0.39 is 24.0 Å². The van der Waals surface area contributed by atoms with Gasteiger partial charge in [-0.25, -0.2) is 4.79 Å². The van der Waals surface area contributed by atoms with Crippen molar-refractivity contribution in [1.82, 2.24) is 10.6 Å². The summed E-state index contributed by atoms with van der Waals surface area (Å²) in [6.45, 7) is 4.42. The van der Waals surface area contributed by atoms with E-state index in [1.165, 1.54) is 0 Å². The van der Waals surface area contributed by atoms with Crippen molar-refractivity contribution in [2.45, 2.75) is 45.2 Å². The summed E-state index contributed by atoms with van der Waals surface area (Å²) in [5.74, 6) is -1.89. The van der Waals surface area contributed by atoms with Gasteiger partial charge in [-0.1, -0.05) is 13.8 Å². The lowest BCUT2D eigenvalue weighted by molar-refractivity contribution is -0.142. The van der Waals surface area contributed by atoms with Crippen LogP contribution < -0.4 is 16.4 Å². The molecule has 5 N–H and O–H groups in total. The Morgan fingerprint density at radius 2 is 2.15 bits per heavy atom. The van der Waals surface area contributed by atoms with Crippen LogP contribution in [0.1, 0.15) is 33.1 Å². The van der Waals surface area contributed by atoms with Crippen molar-refractivity contribution in [3.63, 3.8) is 0 Å². The molecule has 1 fully saturated rings. The van der Waals surface area contributed by atoms with Crippen molar-refractivity contribution in [2.75, 3.05) is 6.54 Å². The van der Waals surface area contributed by atoms with Crippen molar-refractivity contribution in [3.8, 4) is 0 Å². The van der Waals surface area contributed by atoms with Gasteiger partial charge < -0.3 is 21.5 Å². The van der Waals surface area contributed by atoms with Crippen LogP contribution >= 0.6 is 0 Å². The lowest BCUT2D eigenvalue weighted by Crippen LogP contribution is -2.49. The summed E-state index contributed by atoms with van der Waals surface area (Å²) in [4.78, 5) is 34.5. The number of carbonyl (C=O) groups excluding carboxylic acids is 2. The first-order chi connectivity index (χ1) is 9.31. The molecular weight excluding hydrogens is 262 g/mol. The Morgan fingerprint density at radius 3 is 2.60 bits per heavy atom. The molecule has 0 radical (unpaired) electrons. The Hall–Kier alpha value is -1.63. The van der Waals surface area contributed by atoms with Crippen LogP contribution in [0.5, 0.6) is 0 Å². The van der Waals surface area contributed by atoms with Crippen LogP contribution in [0, 0.1) is 11.8 Å². The lowest BCUT2D eigenvalue weighted by Gasteiger charge is -2.20. The minimum Gasteiger partial charge on any atom is -0.480 e. The number of nitrogens with one attached hydrogen (secondary N) is 2. The molecule has 1 heterocycles. The highest BCUT2D eigenvalue weighted by Gasteiger charge is 2.32. The van der Waals surface area contributed by atoms with Crippen LogP contribution in [-0.2, 0) is 14.4 Å². The fraction of sp³-hybridized carbons (Fsp3) is 0.769. The molecule has 0 bridgehead atoms. The van der Waals surface area contributed by atoms with Gasteiger partial charge in [0.1, 0.15) is 6.04 Å². The topological polar surface area (TPSA) is 122 Å². The first-order valence-corrected chi connectivity index (χ1v) is 6.87. The van der Waals surface area contributed by atoms with Crippen LogP contribution in [0.3, 0.4) is 0 Å². The molecule has 2 amide bonds. The predicted octanol–water partition coefficient (Wildman–Crippen LogP) is -0.545. The second-order valence-electron chi connectivity index (χ2n) is 5.65. The Balaban J connectivity index is 2.56. The van der Waals surface area contributed by atoms with Gasteiger partial charge >= 0.3 is 5.97 Å². The van der Waals surface area contributed by atoms with Gasteiger partial charge in [-0.05, 0) is 25.2 Å². The fourth-order valence-corrected chi connectivity index (χ4v) is 2.27. The molecule has 0 saturated carbocycles. The first-order valence-electron chi connectivity index (χ1n) is 6.87. The molecule has 114 valence electrons. The first kappa shape index (κ1) is 16.4. The van der Waals surface area contributed by atoms with Gasteiger partial charge in [0.25, 0.3) is 0 Å². The maximum absolute atomic E-state index is 11.8. The third-order valence-corrected chi connectivity index (χ3v) is 3.36. The molecule has 0 aromatic rings. The van der Waals surface area contributed by atoms with Gasteiger partial charge in [-0.2, -0.15) is 0 Å². The maximum atomic E-state index is 11.8. The van der Waals surface area contributed by atoms with Gasteiger partial charge in [-0.15, -0.1) is 0 Å². The zero-order chi connectivity index (χ0) is 15.3. The lowest BCUT2D eigenvalue weighted by atomic mass is 9.97. The summed E-state index contributed by atoms with van der Waals surface area (Å²) in [6, 6.07) is -1.80. The van der Waals surface area contributed by atoms with Crippen LogP contribution in [0.25, 0.3) is 0 Å². The van der Waals surface area contributed by atoms with Crippen LogP contribution in [-0.4, -0.2) is 41.5 Å². The third-order valence-electron chi connectivity index (χ3n) is 3.36. The molecule has 20 heavy (non-hydrogen) atoms. The second-order valence-corrected chi connectivity index (χ2v) is 5.65. The van der Waals surface area contributed by atoms with Gasteiger partial charge in [0.05, 0.1) is 6.04 Å².